The SMILES string of the molecule is CCC(=O)N(Cc1ccc(F)cc1)C(Cc1ccccc1)C(=O)NC. The molecule has 0 saturated carbocycles. The zero-order valence-electron chi connectivity index (χ0n) is 14.5. The Labute approximate surface area is 147 Å². The molecule has 0 fully saturated rings. The highest BCUT2D eigenvalue weighted by Crippen LogP contribution is 2.16. The van der Waals surface area contributed by atoms with Crippen LogP contribution in [0.3, 0.4) is 0 Å². The fraction of sp³-hybridized carbons (Fsp3) is 0.300. The molecule has 0 bridgehead atoms. The summed E-state index contributed by atoms with van der Waals surface area (Å²) < 4.78 is 13.1. The van der Waals surface area contributed by atoms with E-state index < -0.39 is 6.04 Å². The highest BCUT2D eigenvalue weighted by molar-refractivity contribution is 5.87. The van der Waals surface area contributed by atoms with Crippen molar-refractivity contribution >= 4 is 11.8 Å². The van der Waals surface area contributed by atoms with E-state index in [-0.39, 0.29) is 24.2 Å². The maximum absolute atomic E-state index is 13.1. The Hall–Kier alpha value is -2.69. The fourth-order valence-corrected chi connectivity index (χ4v) is 2.71. The van der Waals surface area contributed by atoms with Gasteiger partial charge in [-0.25, -0.2) is 4.39 Å². The van der Waals surface area contributed by atoms with Crippen LogP contribution in [0.25, 0.3) is 0 Å². The average Bonchev–Trinajstić information content (AvgIpc) is 2.65. The standard InChI is InChI=1S/C20H23FN2O2/c1-3-19(24)23(14-16-9-11-17(21)12-10-16)18(20(25)22-2)13-15-7-5-4-6-8-15/h4-12,18H,3,13-14H2,1-2H3,(H,22,25). The molecule has 0 aliphatic carbocycles. The normalized spacial score (nSPS) is 11.6. The van der Waals surface area contributed by atoms with Crippen LogP contribution in [0.5, 0.6) is 0 Å². The molecular weight excluding hydrogens is 319 g/mol. The van der Waals surface area contributed by atoms with Crippen LogP contribution >= 0.6 is 0 Å². The quantitative estimate of drug-likeness (QED) is 0.841. The maximum Gasteiger partial charge on any atom is 0.242 e. The van der Waals surface area contributed by atoms with E-state index in [1.807, 2.05) is 30.3 Å². The maximum atomic E-state index is 13.1. The van der Waals surface area contributed by atoms with Gasteiger partial charge >= 0.3 is 0 Å². The zero-order chi connectivity index (χ0) is 18.2. The minimum atomic E-state index is -0.620. The number of nitrogens with zero attached hydrogens (tertiary/aromatic N) is 1. The van der Waals surface area contributed by atoms with Gasteiger partial charge in [0, 0.05) is 26.4 Å². The minimum absolute atomic E-state index is 0.117. The second-order valence-electron chi connectivity index (χ2n) is 5.82. The number of likely N-dealkylation sites (N-methyl/N-ethyl adjacent to an activating group) is 1. The summed E-state index contributed by atoms with van der Waals surface area (Å²) in [7, 11) is 1.56. The predicted octanol–water partition coefficient (Wildman–Crippen LogP) is 2.92. The molecule has 0 aliphatic rings. The Kier molecular flexibility index (Phi) is 6.69. The average molecular weight is 342 g/mol. The van der Waals surface area contributed by atoms with E-state index in [0.717, 1.165) is 11.1 Å². The third-order valence-electron chi connectivity index (χ3n) is 4.09. The molecule has 0 spiro atoms. The number of rotatable bonds is 7. The molecule has 2 amide bonds. The summed E-state index contributed by atoms with van der Waals surface area (Å²) in [6.45, 7) is 2.03. The lowest BCUT2D eigenvalue weighted by molar-refractivity contribution is -0.140. The van der Waals surface area contributed by atoms with E-state index in [1.165, 1.54) is 12.1 Å². The van der Waals surface area contributed by atoms with Gasteiger partial charge in [-0.15, -0.1) is 0 Å². The number of carbonyl (C=O) groups is 2. The predicted molar refractivity (Wildman–Crippen MR) is 95.2 cm³/mol. The molecular formula is C20H23FN2O2. The molecule has 0 radical (unpaired) electrons. The number of halogens is 1. The second kappa shape index (κ2) is 8.97. The summed E-state index contributed by atoms with van der Waals surface area (Å²) in [5.41, 5.74) is 1.76. The molecule has 0 heterocycles. The van der Waals surface area contributed by atoms with Crippen molar-refractivity contribution < 1.29 is 14.0 Å². The van der Waals surface area contributed by atoms with Crippen molar-refractivity contribution in [1.29, 1.82) is 0 Å². The van der Waals surface area contributed by atoms with Gasteiger partial charge in [0.1, 0.15) is 11.9 Å². The summed E-state index contributed by atoms with van der Waals surface area (Å²) in [6, 6.07) is 14.9. The summed E-state index contributed by atoms with van der Waals surface area (Å²) in [5.74, 6) is -0.661. The van der Waals surface area contributed by atoms with E-state index in [9.17, 15) is 14.0 Å². The third kappa shape index (κ3) is 5.14. The van der Waals surface area contributed by atoms with Crippen LogP contribution in [-0.2, 0) is 22.6 Å². The van der Waals surface area contributed by atoms with Gasteiger partial charge in [0.15, 0.2) is 0 Å². The molecule has 132 valence electrons. The van der Waals surface area contributed by atoms with Crippen LogP contribution in [0.4, 0.5) is 4.39 Å². The molecule has 5 heteroatoms. The van der Waals surface area contributed by atoms with Crippen molar-refractivity contribution in [2.45, 2.75) is 32.4 Å². The Bertz CT molecular complexity index is 701. The molecule has 2 aromatic carbocycles. The Morgan fingerprint density at radius 3 is 2.24 bits per heavy atom. The molecule has 4 nitrogen and oxygen atoms in total. The lowest BCUT2D eigenvalue weighted by atomic mass is 10.0. The molecule has 25 heavy (non-hydrogen) atoms. The molecule has 1 unspecified atom stereocenters. The zero-order valence-corrected chi connectivity index (χ0v) is 14.5. The Balaban J connectivity index is 2.30. The van der Waals surface area contributed by atoms with E-state index in [0.29, 0.717) is 12.8 Å². The van der Waals surface area contributed by atoms with E-state index in [1.54, 1.807) is 31.0 Å². The number of nitrogens with one attached hydrogen (secondary N) is 1. The van der Waals surface area contributed by atoms with Crippen molar-refractivity contribution in [2.75, 3.05) is 7.05 Å². The van der Waals surface area contributed by atoms with Gasteiger partial charge in [-0.3, -0.25) is 9.59 Å². The van der Waals surface area contributed by atoms with Crippen LogP contribution in [-0.4, -0.2) is 29.8 Å². The van der Waals surface area contributed by atoms with E-state index in [4.69, 9.17) is 0 Å². The first-order valence-corrected chi connectivity index (χ1v) is 8.34. The van der Waals surface area contributed by atoms with Gasteiger partial charge in [0.05, 0.1) is 0 Å². The number of benzene rings is 2. The van der Waals surface area contributed by atoms with Gasteiger partial charge in [-0.1, -0.05) is 49.4 Å². The van der Waals surface area contributed by atoms with Gasteiger partial charge < -0.3 is 10.2 Å². The van der Waals surface area contributed by atoms with Crippen LogP contribution in [0, 0.1) is 5.82 Å². The molecule has 0 saturated heterocycles. The van der Waals surface area contributed by atoms with Crippen molar-refractivity contribution in [3.8, 4) is 0 Å². The molecule has 2 aromatic rings. The Morgan fingerprint density at radius 1 is 1.04 bits per heavy atom. The number of hydrogen-bond donors (Lipinski definition) is 1. The van der Waals surface area contributed by atoms with Crippen LogP contribution in [0.1, 0.15) is 24.5 Å². The molecule has 0 aromatic heterocycles. The lowest BCUT2D eigenvalue weighted by Gasteiger charge is -2.31. The highest BCUT2D eigenvalue weighted by Gasteiger charge is 2.28. The van der Waals surface area contributed by atoms with Gasteiger partial charge in [0.25, 0.3) is 0 Å². The van der Waals surface area contributed by atoms with Gasteiger partial charge in [0.2, 0.25) is 11.8 Å². The summed E-state index contributed by atoms with van der Waals surface area (Å²) in [4.78, 5) is 26.5. The smallest absolute Gasteiger partial charge is 0.242 e. The van der Waals surface area contributed by atoms with Gasteiger partial charge in [-0.2, -0.15) is 0 Å². The first-order chi connectivity index (χ1) is 12.0. The minimum Gasteiger partial charge on any atom is -0.357 e. The van der Waals surface area contributed by atoms with E-state index in [2.05, 4.69) is 5.32 Å². The van der Waals surface area contributed by atoms with Gasteiger partial charge in [-0.05, 0) is 23.3 Å². The molecule has 0 aliphatic heterocycles. The van der Waals surface area contributed by atoms with Crippen LogP contribution in [0.2, 0.25) is 0 Å². The third-order valence-corrected chi connectivity index (χ3v) is 4.09. The fourth-order valence-electron chi connectivity index (χ4n) is 2.71. The van der Waals surface area contributed by atoms with E-state index >= 15 is 0 Å². The number of hydrogen-bond acceptors (Lipinski definition) is 2. The first kappa shape index (κ1) is 18.6. The Morgan fingerprint density at radius 2 is 1.68 bits per heavy atom. The second-order valence-corrected chi connectivity index (χ2v) is 5.82. The van der Waals surface area contributed by atoms with Crippen LogP contribution in [0.15, 0.2) is 54.6 Å². The summed E-state index contributed by atoms with van der Waals surface area (Å²) >= 11 is 0. The van der Waals surface area contributed by atoms with Crippen molar-refractivity contribution in [3.63, 3.8) is 0 Å². The van der Waals surface area contributed by atoms with Crippen molar-refractivity contribution in [2.24, 2.45) is 0 Å². The molecule has 1 N–H and O–H groups in total. The van der Waals surface area contributed by atoms with Crippen molar-refractivity contribution in [3.05, 3.63) is 71.5 Å². The largest absolute Gasteiger partial charge is 0.357 e. The summed E-state index contributed by atoms with van der Waals surface area (Å²) in [5, 5.41) is 2.65. The monoisotopic (exact) mass is 342 g/mol. The lowest BCUT2D eigenvalue weighted by Crippen LogP contribution is -2.49. The number of amides is 2. The van der Waals surface area contributed by atoms with Crippen molar-refractivity contribution in [1.82, 2.24) is 10.2 Å². The number of carbonyl (C=O) groups excluding carboxylic acids is 2. The molecule has 1 atom stereocenters. The highest BCUT2D eigenvalue weighted by atomic mass is 19.1. The van der Waals surface area contributed by atoms with Crippen LogP contribution < -0.4 is 5.32 Å². The topological polar surface area (TPSA) is 49.4 Å². The molecule has 2 rings (SSSR count). The first-order valence-electron chi connectivity index (χ1n) is 8.34. The summed E-state index contributed by atoms with van der Waals surface area (Å²) in [6.07, 6.45) is 0.719.